The molecule has 0 bridgehead atoms. The minimum atomic E-state index is -1.66. The minimum absolute atomic E-state index is 0.0178. The maximum atomic E-state index is 14.3. The molecule has 5 rings (SSSR count). The number of pyridine rings is 1. The van der Waals surface area contributed by atoms with Crippen molar-refractivity contribution in [1.29, 1.82) is 5.26 Å². The normalized spacial score (nSPS) is 22.6. The number of rotatable bonds is 10. The Morgan fingerprint density at radius 3 is 2.65 bits per heavy atom. The molecule has 12 heteroatoms. The third kappa shape index (κ3) is 5.89. The Kier molecular flexibility index (Phi) is 7.42. The lowest BCUT2D eigenvalue weighted by molar-refractivity contribution is -0.123. The van der Waals surface area contributed by atoms with Crippen molar-refractivity contribution >= 4 is 23.0 Å². The molecular weight excluding hydrogens is 520 g/mol. The van der Waals surface area contributed by atoms with Crippen LogP contribution in [0.25, 0.3) is 16.9 Å². The first-order valence-electron chi connectivity index (χ1n) is 13.2. The van der Waals surface area contributed by atoms with E-state index in [4.69, 9.17) is 5.26 Å². The molecule has 0 aromatic carbocycles. The lowest BCUT2D eigenvalue weighted by Gasteiger charge is -2.37. The summed E-state index contributed by atoms with van der Waals surface area (Å²) >= 11 is 0. The molecule has 0 spiro atoms. The van der Waals surface area contributed by atoms with Crippen molar-refractivity contribution in [3.63, 3.8) is 0 Å². The average Bonchev–Trinajstić information content (AvgIpc) is 3.49. The molecule has 0 radical (unpaired) electrons. The zero-order chi connectivity index (χ0) is 28.6. The molecule has 2 aliphatic carbocycles. The Morgan fingerprint density at radius 1 is 1.23 bits per heavy atom. The van der Waals surface area contributed by atoms with Gasteiger partial charge in [0.25, 0.3) is 5.91 Å². The zero-order valence-corrected chi connectivity index (χ0v) is 22.2. The number of aliphatic hydroxyl groups is 1. The molecule has 0 saturated heterocycles. The third-order valence-electron chi connectivity index (χ3n) is 7.46. The van der Waals surface area contributed by atoms with Gasteiger partial charge in [0, 0.05) is 18.8 Å². The number of carbonyl (C=O) groups is 2. The maximum absolute atomic E-state index is 14.3. The van der Waals surface area contributed by atoms with Crippen LogP contribution in [-0.2, 0) is 4.79 Å². The molecule has 2 aliphatic rings. The number of nitrogens with one attached hydrogen (secondary N) is 3. The van der Waals surface area contributed by atoms with Gasteiger partial charge in [-0.2, -0.15) is 10.4 Å². The Bertz CT molecular complexity index is 1470. The highest BCUT2D eigenvalue weighted by molar-refractivity contribution is 6.00. The molecule has 3 atom stereocenters. The van der Waals surface area contributed by atoms with E-state index in [-0.39, 0.29) is 30.0 Å². The number of nitriles is 1. The second kappa shape index (κ2) is 10.8. The summed E-state index contributed by atoms with van der Waals surface area (Å²) in [5.41, 5.74) is 1.43. The van der Waals surface area contributed by atoms with Gasteiger partial charge in [0.2, 0.25) is 5.91 Å². The summed E-state index contributed by atoms with van der Waals surface area (Å²) in [7, 11) is 0. The molecule has 40 heavy (non-hydrogen) atoms. The van der Waals surface area contributed by atoms with Crippen molar-refractivity contribution in [1.82, 2.24) is 25.2 Å². The molecule has 3 aromatic heterocycles. The van der Waals surface area contributed by atoms with E-state index in [1.165, 1.54) is 26.2 Å². The summed E-state index contributed by atoms with van der Waals surface area (Å²) in [5, 5.41) is 32.1. The third-order valence-corrected chi connectivity index (χ3v) is 7.46. The largest absolute Gasteiger partial charge is 0.387 e. The van der Waals surface area contributed by atoms with Crippen molar-refractivity contribution in [2.24, 2.45) is 11.8 Å². The molecule has 3 heterocycles. The Hall–Kier alpha value is -4.11. The van der Waals surface area contributed by atoms with E-state index in [1.807, 2.05) is 12.1 Å². The first-order chi connectivity index (χ1) is 19.0. The lowest BCUT2D eigenvalue weighted by atomic mass is 9.80. The molecule has 3 aromatic rings. The Labute approximate surface area is 229 Å². The van der Waals surface area contributed by atoms with Gasteiger partial charge in [-0.25, -0.2) is 13.3 Å². The van der Waals surface area contributed by atoms with Crippen LogP contribution in [0.1, 0.15) is 49.0 Å². The molecule has 0 unspecified atom stereocenters. The van der Waals surface area contributed by atoms with E-state index in [9.17, 15) is 23.5 Å². The fourth-order valence-electron chi connectivity index (χ4n) is 4.73. The van der Waals surface area contributed by atoms with Gasteiger partial charge in [0.1, 0.15) is 18.4 Å². The zero-order valence-electron chi connectivity index (χ0n) is 22.2. The van der Waals surface area contributed by atoms with Gasteiger partial charge in [-0.1, -0.05) is 0 Å². The second-order valence-corrected chi connectivity index (χ2v) is 11.1. The van der Waals surface area contributed by atoms with Gasteiger partial charge in [0.05, 0.1) is 58.0 Å². The minimum Gasteiger partial charge on any atom is -0.387 e. The fourth-order valence-corrected chi connectivity index (χ4v) is 4.73. The first-order valence-corrected chi connectivity index (χ1v) is 13.2. The number of carbonyl (C=O) groups excluding carboxylic acids is 2. The molecular formula is C28H31F2N7O3. The highest BCUT2D eigenvalue weighted by Gasteiger charge is 2.44. The van der Waals surface area contributed by atoms with E-state index in [1.54, 1.807) is 16.6 Å². The summed E-state index contributed by atoms with van der Waals surface area (Å²) in [6, 6.07) is 9.14. The fraction of sp³-hybridized carbons (Fsp3) is 0.464. The average molecular weight is 552 g/mol. The summed E-state index contributed by atoms with van der Waals surface area (Å²) in [6.45, 7) is 2.76. The number of fused-ring (bicyclic) bond motifs is 1. The molecule has 4 N–H and O–H groups in total. The van der Waals surface area contributed by atoms with E-state index >= 15 is 0 Å². The molecule has 210 valence electrons. The number of halogens is 2. The quantitative estimate of drug-likeness (QED) is 0.303. The van der Waals surface area contributed by atoms with Crippen LogP contribution in [0.3, 0.4) is 0 Å². The number of aromatic nitrogens is 3. The first kappa shape index (κ1) is 27.5. The van der Waals surface area contributed by atoms with E-state index in [2.05, 4.69) is 32.1 Å². The van der Waals surface area contributed by atoms with Crippen LogP contribution in [0, 0.1) is 23.2 Å². The van der Waals surface area contributed by atoms with Crippen molar-refractivity contribution < 1.29 is 23.5 Å². The predicted octanol–water partition coefficient (Wildman–Crippen LogP) is 2.77. The number of hydrogen-bond donors (Lipinski definition) is 4. The number of anilines is 1. The van der Waals surface area contributed by atoms with Crippen LogP contribution in [0.4, 0.5) is 14.5 Å². The standard InChI is InChI=1S/C28H31F2N7O3/c1-28(2,40)25(30)14-34-27(39)20-13-32-23(24-4-3-18-7-16(10-31)12-35-37(18)24)9-22(20)36-17-5-15(6-17)11-33-26(38)19-8-21(19)29/h3-4,7,9,12-13,15,17,19,21,25,40H,5-6,8,11,14H2,1-2H3,(H,32,36)(H,33,38)(H,34,39)/t15?,17?,19-,21-,25-/m1/s1. The number of hydrogen-bond acceptors (Lipinski definition) is 7. The van der Waals surface area contributed by atoms with Gasteiger partial charge < -0.3 is 21.1 Å². The van der Waals surface area contributed by atoms with Gasteiger partial charge in [-0.3, -0.25) is 14.6 Å². The van der Waals surface area contributed by atoms with E-state index in [0.717, 1.165) is 12.8 Å². The van der Waals surface area contributed by atoms with Crippen molar-refractivity contribution in [2.75, 3.05) is 18.4 Å². The SMILES string of the molecule is CC(C)(O)[C@H](F)CNC(=O)c1cnc(-c2ccc3cc(C#N)cnn23)cc1NC1CC(CNC(=O)[C@@H]2C[C@H]2F)C1. The molecule has 2 saturated carbocycles. The summed E-state index contributed by atoms with van der Waals surface area (Å²) in [6.07, 6.45) is 1.94. The van der Waals surface area contributed by atoms with E-state index in [0.29, 0.717) is 41.1 Å². The molecule has 10 nitrogen and oxygen atoms in total. The summed E-state index contributed by atoms with van der Waals surface area (Å²) in [4.78, 5) is 29.4. The van der Waals surface area contributed by atoms with Crippen LogP contribution in [0.2, 0.25) is 0 Å². The van der Waals surface area contributed by atoms with Crippen molar-refractivity contribution in [3.05, 3.63) is 47.8 Å². The molecule has 2 amide bonds. The molecule has 0 aliphatic heterocycles. The van der Waals surface area contributed by atoms with Crippen LogP contribution in [0.5, 0.6) is 0 Å². The van der Waals surface area contributed by atoms with Gasteiger partial charge in [-0.05, 0) is 63.3 Å². The maximum Gasteiger partial charge on any atom is 0.255 e. The van der Waals surface area contributed by atoms with Crippen LogP contribution < -0.4 is 16.0 Å². The molecule has 2 fully saturated rings. The Morgan fingerprint density at radius 2 is 1.98 bits per heavy atom. The van der Waals surface area contributed by atoms with Gasteiger partial charge in [-0.15, -0.1) is 0 Å². The number of nitrogens with zero attached hydrogens (tertiary/aromatic N) is 4. The van der Waals surface area contributed by atoms with Crippen LogP contribution in [0.15, 0.2) is 36.7 Å². The van der Waals surface area contributed by atoms with Crippen LogP contribution >= 0.6 is 0 Å². The van der Waals surface area contributed by atoms with Crippen molar-refractivity contribution in [3.8, 4) is 17.5 Å². The summed E-state index contributed by atoms with van der Waals surface area (Å²) < 4.78 is 29.0. The predicted molar refractivity (Wildman–Crippen MR) is 143 cm³/mol. The highest BCUT2D eigenvalue weighted by atomic mass is 19.1. The highest BCUT2D eigenvalue weighted by Crippen LogP contribution is 2.35. The monoisotopic (exact) mass is 551 g/mol. The number of amides is 2. The lowest BCUT2D eigenvalue weighted by Crippen LogP contribution is -2.43. The number of alkyl halides is 2. The van der Waals surface area contributed by atoms with E-state index < -0.39 is 29.8 Å². The smallest absolute Gasteiger partial charge is 0.255 e. The van der Waals surface area contributed by atoms with Gasteiger partial charge >= 0.3 is 0 Å². The summed E-state index contributed by atoms with van der Waals surface area (Å²) in [5.74, 6) is -1.08. The topological polar surface area (TPSA) is 144 Å². The van der Waals surface area contributed by atoms with Crippen LogP contribution in [-0.4, -0.2) is 68.6 Å². The Balaban J connectivity index is 1.32. The van der Waals surface area contributed by atoms with Crippen molar-refractivity contribution in [2.45, 2.75) is 57.1 Å². The van der Waals surface area contributed by atoms with Gasteiger partial charge in [0.15, 0.2) is 0 Å². The second-order valence-electron chi connectivity index (χ2n) is 11.1.